The molecule has 3 rings (SSSR count). The van der Waals surface area contributed by atoms with Gasteiger partial charge in [0.05, 0.1) is 22.3 Å². The molecule has 20 heavy (non-hydrogen) atoms. The molecule has 1 amide bonds. The summed E-state index contributed by atoms with van der Waals surface area (Å²) in [5, 5.41) is 13.2. The lowest BCUT2D eigenvalue weighted by atomic mass is 10.2. The van der Waals surface area contributed by atoms with Gasteiger partial charge < -0.3 is 10.4 Å². The van der Waals surface area contributed by atoms with Crippen molar-refractivity contribution < 1.29 is 9.90 Å². The average Bonchev–Trinajstić information content (AvgIpc) is 2.88. The number of phenols is 1. The van der Waals surface area contributed by atoms with Gasteiger partial charge in [-0.1, -0.05) is 24.3 Å². The normalized spacial score (nSPS) is 10.6. The van der Waals surface area contributed by atoms with Crippen LogP contribution in [0.1, 0.15) is 15.4 Å². The number of nitrogens with one attached hydrogen (secondary N) is 1. The second kappa shape index (κ2) is 5.30. The van der Waals surface area contributed by atoms with Gasteiger partial charge >= 0.3 is 0 Å². The van der Waals surface area contributed by atoms with E-state index in [-0.39, 0.29) is 17.2 Å². The highest BCUT2D eigenvalue weighted by molar-refractivity contribution is 7.18. The minimum absolute atomic E-state index is 0.0192. The van der Waals surface area contributed by atoms with Crippen molar-refractivity contribution in [1.29, 1.82) is 0 Å². The lowest BCUT2D eigenvalue weighted by Crippen LogP contribution is -2.22. The Bertz CT molecular complexity index is 734. The number of carbonyl (C=O) groups is 1. The van der Waals surface area contributed by atoms with Gasteiger partial charge in [0.2, 0.25) is 0 Å². The number of aromatic hydroxyl groups is 1. The van der Waals surface area contributed by atoms with Crippen LogP contribution in [0.5, 0.6) is 5.75 Å². The van der Waals surface area contributed by atoms with Gasteiger partial charge in [0, 0.05) is 0 Å². The van der Waals surface area contributed by atoms with E-state index in [2.05, 4.69) is 10.3 Å². The first-order chi connectivity index (χ1) is 9.74. The summed E-state index contributed by atoms with van der Waals surface area (Å²) >= 11 is 1.55. The third-order valence-electron chi connectivity index (χ3n) is 2.89. The molecule has 5 heteroatoms. The van der Waals surface area contributed by atoms with Gasteiger partial charge in [-0.3, -0.25) is 4.79 Å². The molecule has 0 fully saturated rings. The summed E-state index contributed by atoms with van der Waals surface area (Å²) in [5.74, 6) is -0.323. The van der Waals surface area contributed by atoms with Crippen LogP contribution in [0.3, 0.4) is 0 Å². The van der Waals surface area contributed by atoms with Gasteiger partial charge in [0.15, 0.2) is 0 Å². The Morgan fingerprint density at radius 1 is 1.15 bits per heavy atom. The van der Waals surface area contributed by atoms with Crippen molar-refractivity contribution in [2.24, 2.45) is 0 Å². The van der Waals surface area contributed by atoms with Crippen LogP contribution in [0, 0.1) is 0 Å². The minimum atomic E-state index is -0.303. The molecular weight excluding hydrogens is 272 g/mol. The average molecular weight is 284 g/mol. The van der Waals surface area contributed by atoms with Crippen molar-refractivity contribution >= 4 is 27.5 Å². The summed E-state index contributed by atoms with van der Waals surface area (Å²) in [6.45, 7) is 0.354. The highest BCUT2D eigenvalue weighted by Crippen LogP contribution is 2.21. The monoisotopic (exact) mass is 284 g/mol. The van der Waals surface area contributed by atoms with E-state index in [1.54, 1.807) is 29.5 Å². The molecule has 0 aliphatic carbocycles. The zero-order chi connectivity index (χ0) is 13.9. The van der Waals surface area contributed by atoms with E-state index in [0.717, 1.165) is 15.2 Å². The number of hydrogen-bond acceptors (Lipinski definition) is 4. The molecule has 3 aromatic rings. The quantitative estimate of drug-likeness (QED) is 0.777. The van der Waals surface area contributed by atoms with Crippen LogP contribution in [-0.2, 0) is 6.54 Å². The first-order valence-electron chi connectivity index (χ1n) is 6.15. The highest BCUT2D eigenvalue weighted by Gasteiger charge is 2.10. The molecule has 0 unspecified atom stereocenters. The molecule has 0 aliphatic heterocycles. The number of nitrogens with zero attached hydrogens (tertiary/aromatic N) is 1. The number of hydrogen-bond donors (Lipinski definition) is 2. The van der Waals surface area contributed by atoms with Crippen molar-refractivity contribution in [2.45, 2.75) is 6.54 Å². The largest absolute Gasteiger partial charge is 0.507 e. The zero-order valence-electron chi connectivity index (χ0n) is 10.5. The molecule has 4 nitrogen and oxygen atoms in total. The number of amides is 1. The number of rotatable bonds is 3. The Hall–Kier alpha value is -2.40. The van der Waals surface area contributed by atoms with Crippen molar-refractivity contribution in [3.05, 3.63) is 59.1 Å². The van der Waals surface area contributed by atoms with Crippen LogP contribution >= 0.6 is 11.3 Å². The van der Waals surface area contributed by atoms with Crippen molar-refractivity contribution in [3.63, 3.8) is 0 Å². The maximum atomic E-state index is 12.0. The Labute approximate surface area is 119 Å². The van der Waals surface area contributed by atoms with E-state index in [1.807, 2.05) is 24.3 Å². The predicted molar refractivity (Wildman–Crippen MR) is 78.9 cm³/mol. The van der Waals surface area contributed by atoms with Gasteiger partial charge in [0.25, 0.3) is 5.91 Å². The van der Waals surface area contributed by atoms with Gasteiger partial charge in [-0.25, -0.2) is 4.98 Å². The number of para-hydroxylation sites is 2. The predicted octanol–water partition coefficient (Wildman–Crippen LogP) is 2.93. The fourth-order valence-electron chi connectivity index (χ4n) is 1.91. The van der Waals surface area contributed by atoms with Crippen LogP contribution in [0.25, 0.3) is 10.2 Å². The Kier molecular flexibility index (Phi) is 3.35. The molecular formula is C15H12N2O2S. The van der Waals surface area contributed by atoms with Crippen LogP contribution in [0.4, 0.5) is 0 Å². The van der Waals surface area contributed by atoms with E-state index >= 15 is 0 Å². The Morgan fingerprint density at radius 2 is 1.90 bits per heavy atom. The molecule has 0 aliphatic rings. The smallest absolute Gasteiger partial charge is 0.255 e. The Morgan fingerprint density at radius 3 is 2.70 bits per heavy atom. The topological polar surface area (TPSA) is 62.2 Å². The van der Waals surface area contributed by atoms with E-state index in [9.17, 15) is 9.90 Å². The van der Waals surface area contributed by atoms with E-state index in [1.165, 1.54) is 6.07 Å². The maximum Gasteiger partial charge on any atom is 0.255 e. The summed E-state index contributed by atoms with van der Waals surface area (Å²) in [7, 11) is 0. The van der Waals surface area contributed by atoms with Gasteiger partial charge in [-0.15, -0.1) is 11.3 Å². The van der Waals surface area contributed by atoms with Crippen LogP contribution in [0.15, 0.2) is 48.5 Å². The summed E-state index contributed by atoms with van der Waals surface area (Å²) < 4.78 is 1.10. The molecule has 0 spiro atoms. The fraction of sp³-hybridized carbons (Fsp3) is 0.0667. The van der Waals surface area contributed by atoms with Crippen molar-refractivity contribution in [3.8, 4) is 5.75 Å². The summed E-state index contributed by atoms with van der Waals surface area (Å²) in [6.07, 6.45) is 0. The van der Waals surface area contributed by atoms with Crippen LogP contribution < -0.4 is 5.32 Å². The molecule has 2 aromatic carbocycles. The summed E-state index contributed by atoms with van der Waals surface area (Å²) in [6, 6.07) is 14.3. The summed E-state index contributed by atoms with van der Waals surface area (Å²) in [5.41, 5.74) is 1.21. The molecule has 0 saturated carbocycles. The second-order valence-electron chi connectivity index (χ2n) is 4.28. The number of fused-ring (bicyclic) bond motifs is 1. The van der Waals surface area contributed by atoms with Crippen molar-refractivity contribution in [1.82, 2.24) is 10.3 Å². The van der Waals surface area contributed by atoms with Gasteiger partial charge in [0.1, 0.15) is 10.8 Å². The third-order valence-corrected chi connectivity index (χ3v) is 3.92. The molecule has 0 radical (unpaired) electrons. The fourth-order valence-corrected chi connectivity index (χ4v) is 2.82. The van der Waals surface area contributed by atoms with Gasteiger partial charge in [-0.05, 0) is 24.3 Å². The third kappa shape index (κ3) is 2.48. The molecule has 1 aromatic heterocycles. The lowest BCUT2D eigenvalue weighted by molar-refractivity contribution is 0.0948. The standard InChI is InChI=1S/C15H12N2O2S/c18-12-7-3-1-5-10(12)15(19)16-9-14-17-11-6-2-4-8-13(11)20-14/h1-8,18H,9H2,(H,16,19). The van der Waals surface area contributed by atoms with E-state index in [4.69, 9.17) is 0 Å². The number of aromatic nitrogens is 1. The van der Waals surface area contributed by atoms with Crippen LogP contribution in [0.2, 0.25) is 0 Å². The van der Waals surface area contributed by atoms with E-state index < -0.39 is 0 Å². The lowest BCUT2D eigenvalue weighted by Gasteiger charge is -2.04. The number of phenolic OH excluding ortho intramolecular Hbond substituents is 1. The highest BCUT2D eigenvalue weighted by atomic mass is 32.1. The van der Waals surface area contributed by atoms with E-state index in [0.29, 0.717) is 6.54 Å². The second-order valence-corrected chi connectivity index (χ2v) is 5.39. The Balaban J connectivity index is 1.73. The van der Waals surface area contributed by atoms with Gasteiger partial charge in [-0.2, -0.15) is 0 Å². The molecule has 0 saturated heterocycles. The maximum absolute atomic E-state index is 12.0. The molecule has 0 atom stereocenters. The number of carbonyl (C=O) groups excluding carboxylic acids is 1. The first kappa shape index (κ1) is 12.6. The number of benzene rings is 2. The zero-order valence-corrected chi connectivity index (χ0v) is 11.4. The first-order valence-corrected chi connectivity index (χ1v) is 6.96. The number of thiazole rings is 1. The minimum Gasteiger partial charge on any atom is -0.507 e. The van der Waals surface area contributed by atoms with Crippen molar-refractivity contribution in [2.75, 3.05) is 0 Å². The van der Waals surface area contributed by atoms with Crippen LogP contribution in [-0.4, -0.2) is 16.0 Å². The SMILES string of the molecule is O=C(NCc1nc2ccccc2s1)c1ccccc1O. The molecule has 1 heterocycles. The summed E-state index contributed by atoms with van der Waals surface area (Å²) in [4.78, 5) is 16.4. The molecule has 100 valence electrons. The molecule has 2 N–H and O–H groups in total. The molecule has 0 bridgehead atoms.